The van der Waals surface area contributed by atoms with Gasteiger partial charge in [0.05, 0.1) is 10.6 Å². The first-order valence-corrected chi connectivity index (χ1v) is 8.54. The summed E-state index contributed by atoms with van der Waals surface area (Å²) in [6.45, 7) is 4.14. The first-order chi connectivity index (χ1) is 9.63. The maximum atomic E-state index is 12.4. The molecule has 0 heterocycles. The van der Waals surface area contributed by atoms with Gasteiger partial charge in [0.15, 0.2) is 0 Å². The van der Waals surface area contributed by atoms with E-state index >= 15 is 0 Å². The number of halogens is 2. The van der Waals surface area contributed by atoms with E-state index in [4.69, 9.17) is 27.9 Å². The Morgan fingerprint density at radius 3 is 2.38 bits per heavy atom. The Kier molecular flexibility index (Phi) is 6.46. The predicted molar refractivity (Wildman–Crippen MR) is 85.5 cm³/mol. The highest BCUT2D eigenvalue weighted by atomic mass is 35.5. The molecule has 0 aliphatic carbocycles. The zero-order chi connectivity index (χ0) is 16.3. The van der Waals surface area contributed by atoms with Crippen LogP contribution in [-0.2, 0) is 21.3 Å². The highest BCUT2D eigenvalue weighted by Crippen LogP contribution is 2.28. The second kappa shape index (κ2) is 7.26. The molecule has 21 heavy (non-hydrogen) atoms. The van der Waals surface area contributed by atoms with Crippen molar-refractivity contribution < 1.29 is 13.2 Å². The number of ether oxygens (including phenoxy) is 1. The highest BCUT2D eigenvalue weighted by Gasteiger charge is 2.24. The molecule has 5 nitrogen and oxygen atoms in total. The second-order valence-corrected chi connectivity index (χ2v) is 7.74. The van der Waals surface area contributed by atoms with Crippen molar-refractivity contribution in [1.29, 1.82) is 0 Å². The van der Waals surface area contributed by atoms with Crippen LogP contribution < -0.4 is 10.0 Å². The van der Waals surface area contributed by atoms with Crippen LogP contribution in [0.5, 0.6) is 0 Å². The maximum Gasteiger partial charge on any atom is 0.242 e. The smallest absolute Gasteiger partial charge is 0.242 e. The second-order valence-electron chi connectivity index (χ2n) is 5.19. The summed E-state index contributed by atoms with van der Waals surface area (Å²) in [5.41, 5.74) is 0.0507. The first kappa shape index (κ1) is 18.7. The quantitative estimate of drug-likeness (QED) is 0.788. The third kappa shape index (κ3) is 5.09. The molecule has 0 aromatic heterocycles. The van der Waals surface area contributed by atoms with E-state index in [-0.39, 0.29) is 16.5 Å². The van der Waals surface area contributed by atoms with E-state index in [0.717, 1.165) is 0 Å². The van der Waals surface area contributed by atoms with Crippen molar-refractivity contribution in [2.45, 2.75) is 30.9 Å². The van der Waals surface area contributed by atoms with Crippen molar-refractivity contribution in [2.75, 3.05) is 20.7 Å². The van der Waals surface area contributed by atoms with Crippen molar-refractivity contribution >= 4 is 33.2 Å². The molecule has 0 fully saturated rings. The van der Waals surface area contributed by atoms with Crippen molar-refractivity contribution in [2.24, 2.45) is 0 Å². The number of rotatable bonds is 7. The number of methoxy groups -OCH3 is 1. The Hall–Kier alpha value is -0.370. The fourth-order valence-electron chi connectivity index (χ4n) is 1.52. The normalized spacial score (nSPS) is 12.7. The molecule has 0 amide bonds. The fourth-order valence-corrected chi connectivity index (χ4v) is 3.58. The standard InChI is InChI=1S/C13H20Cl2N2O3S/c1-13(2,20-4)8-17-21(18,19)12-5-9(7-16-3)10(14)6-11(12)15/h5-6,16-17H,7-8H2,1-4H3. The van der Waals surface area contributed by atoms with Gasteiger partial charge in [-0.3, -0.25) is 0 Å². The summed E-state index contributed by atoms with van der Waals surface area (Å²) < 4.78 is 32.4. The van der Waals surface area contributed by atoms with Gasteiger partial charge >= 0.3 is 0 Å². The molecule has 0 radical (unpaired) electrons. The molecule has 0 spiro atoms. The van der Waals surface area contributed by atoms with Crippen LogP contribution in [0.1, 0.15) is 19.4 Å². The van der Waals surface area contributed by atoms with E-state index in [1.165, 1.54) is 19.2 Å². The molecular weight excluding hydrogens is 335 g/mol. The van der Waals surface area contributed by atoms with Gasteiger partial charge in [-0.25, -0.2) is 13.1 Å². The van der Waals surface area contributed by atoms with Crippen LogP contribution in [0.15, 0.2) is 17.0 Å². The molecule has 0 aliphatic heterocycles. The molecule has 8 heteroatoms. The SMILES string of the molecule is CNCc1cc(S(=O)(=O)NCC(C)(C)OC)c(Cl)cc1Cl. The third-order valence-electron chi connectivity index (χ3n) is 3.00. The zero-order valence-electron chi connectivity index (χ0n) is 12.5. The summed E-state index contributed by atoms with van der Waals surface area (Å²) in [6, 6.07) is 2.91. The van der Waals surface area contributed by atoms with E-state index in [0.29, 0.717) is 17.1 Å². The molecular formula is C13H20Cl2N2O3S. The number of hydrogen-bond acceptors (Lipinski definition) is 4. The molecule has 120 valence electrons. The number of hydrogen-bond donors (Lipinski definition) is 2. The van der Waals surface area contributed by atoms with Crippen LogP contribution in [0.4, 0.5) is 0 Å². The minimum absolute atomic E-state index is 0.00530. The van der Waals surface area contributed by atoms with E-state index in [1.54, 1.807) is 20.9 Å². The average Bonchev–Trinajstić information content (AvgIpc) is 2.40. The Morgan fingerprint density at radius 2 is 1.86 bits per heavy atom. The van der Waals surface area contributed by atoms with Crippen molar-refractivity contribution in [1.82, 2.24) is 10.0 Å². The van der Waals surface area contributed by atoms with Gasteiger partial charge in [-0.1, -0.05) is 23.2 Å². The van der Waals surface area contributed by atoms with E-state index < -0.39 is 15.6 Å². The van der Waals surface area contributed by atoms with Gasteiger partial charge in [0, 0.05) is 25.2 Å². The van der Waals surface area contributed by atoms with E-state index in [2.05, 4.69) is 10.0 Å². The molecule has 0 aliphatic rings. The summed E-state index contributed by atoms with van der Waals surface area (Å²) in [6.07, 6.45) is 0. The molecule has 0 saturated heterocycles. The van der Waals surface area contributed by atoms with Crippen LogP contribution in [0.2, 0.25) is 10.0 Å². The maximum absolute atomic E-state index is 12.4. The Labute approximate surface area is 136 Å². The largest absolute Gasteiger partial charge is 0.377 e. The van der Waals surface area contributed by atoms with E-state index in [1.807, 2.05) is 0 Å². The molecule has 1 aromatic rings. The van der Waals surface area contributed by atoms with Gasteiger partial charge in [0.25, 0.3) is 0 Å². The number of nitrogens with one attached hydrogen (secondary N) is 2. The Morgan fingerprint density at radius 1 is 1.24 bits per heavy atom. The fraction of sp³-hybridized carbons (Fsp3) is 0.538. The summed E-state index contributed by atoms with van der Waals surface area (Å²) in [5, 5.41) is 3.43. The number of sulfonamides is 1. The van der Waals surface area contributed by atoms with Crippen LogP contribution in [-0.4, -0.2) is 34.7 Å². The lowest BCUT2D eigenvalue weighted by atomic mass is 10.1. The lowest BCUT2D eigenvalue weighted by Gasteiger charge is -2.23. The van der Waals surface area contributed by atoms with Gasteiger partial charge < -0.3 is 10.1 Å². The minimum atomic E-state index is -3.74. The molecule has 0 unspecified atom stereocenters. The Balaban J connectivity index is 3.10. The van der Waals surface area contributed by atoms with Crippen LogP contribution in [0.3, 0.4) is 0 Å². The molecule has 0 saturated carbocycles. The van der Waals surface area contributed by atoms with Crippen LogP contribution >= 0.6 is 23.2 Å². The predicted octanol–water partition coefficient (Wildman–Crippen LogP) is 2.42. The molecule has 2 N–H and O–H groups in total. The van der Waals surface area contributed by atoms with Crippen molar-refractivity contribution in [3.05, 3.63) is 27.7 Å². The Bertz CT molecular complexity index is 604. The highest BCUT2D eigenvalue weighted by molar-refractivity contribution is 7.89. The minimum Gasteiger partial charge on any atom is -0.377 e. The molecule has 1 rings (SSSR count). The lowest BCUT2D eigenvalue weighted by molar-refractivity contribution is 0.0276. The lowest BCUT2D eigenvalue weighted by Crippen LogP contribution is -2.39. The van der Waals surface area contributed by atoms with Gasteiger partial charge in [-0.05, 0) is 38.6 Å². The van der Waals surface area contributed by atoms with Gasteiger partial charge in [-0.15, -0.1) is 0 Å². The topological polar surface area (TPSA) is 67.4 Å². The van der Waals surface area contributed by atoms with Gasteiger partial charge in [-0.2, -0.15) is 0 Å². The summed E-state index contributed by atoms with van der Waals surface area (Å²) in [4.78, 5) is 0.00530. The summed E-state index contributed by atoms with van der Waals surface area (Å²) in [5.74, 6) is 0. The van der Waals surface area contributed by atoms with Crippen molar-refractivity contribution in [3.63, 3.8) is 0 Å². The zero-order valence-corrected chi connectivity index (χ0v) is 14.8. The van der Waals surface area contributed by atoms with Gasteiger partial charge in [0.2, 0.25) is 10.0 Å². The molecule has 0 bridgehead atoms. The number of benzene rings is 1. The van der Waals surface area contributed by atoms with E-state index in [9.17, 15) is 8.42 Å². The van der Waals surface area contributed by atoms with Crippen molar-refractivity contribution in [3.8, 4) is 0 Å². The monoisotopic (exact) mass is 354 g/mol. The van der Waals surface area contributed by atoms with Crippen LogP contribution in [0.25, 0.3) is 0 Å². The summed E-state index contributed by atoms with van der Waals surface area (Å²) >= 11 is 12.1. The molecule has 1 aromatic carbocycles. The first-order valence-electron chi connectivity index (χ1n) is 6.30. The average molecular weight is 355 g/mol. The van der Waals surface area contributed by atoms with Crippen LogP contribution in [0, 0.1) is 0 Å². The molecule has 0 atom stereocenters. The summed E-state index contributed by atoms with van der Waals surface area (Å²) in [7, 11) is -0.469. The van der Waals surface area contributed by atoms with Gasteiger partial charge in [0.1, 0.15) is 4.90 Å². The third-order valence-corrected chi connectivity index (χ3v) is 5.22.